The van der Waals surface area contributed by atoms with Gasteiger partial charge in [0.05, 0.1) is 30.2 Å². The maximum absolute atomic E-state index is 12.1. The van der Waals surface area contributed by atoms with Crippen molar-refractivity contribution in [2.45, 2.75) is 44.2 Å². The van der Waals surface area contributed by atoms with Gasteiger partial charge in [-0.3, -0.25) is 9.48 Å². The smallest absolute Gasteiger partial charge is 0.306 e. The molecule has 0 aliphatic carbocycles. The summed E-state index contributed by atoms with van der Waals surface area (Å²) in [5.41, 5.74) is 0.491. The Kier molecular flexibility index (Phi) is 5.11. The number of carbonyl (C=O) groups is 1. The average Bonchev–Trinajstić information content (AvgIpc) is 2.76. The number of aromatic nitrogens is 2. The van der Waals surface area contributed by atoms with E-state index in [1.165, 1.54) is 14.0 Å². The minimum Gasteiger partial charge on any atom is -0.469 e. The van der Waals surface area contributed by atoms with Gasteiger partial charge in [0.15, 0.2) is 9.84 Å². The maximum atomic E-state index is 12.1. The molecule has 108 valence electrons. The zero-order valence-corrected chi connectivity index (χ0v) is 12.5. The summed E-state index contributed by atoms with van der Waals surface area (Å²) in [4.78, 5) is 11.1. The zero-order chi connectivity index (χ0) is 14.6. The van der Waals surface area contributed by atoms with Crippen molar-refractivity contribution in [3.63, 3.8) is 0 Å². The SMILES string of the molecule is COC(=O)CC(C)S(=O)(=O)Cc1ccn(C(C)C)n1. The Hall–Kier alpha value is -1.37. The number of hydrogen-bond acceptors (Lipinski definition) is 5. The van der Waals surface area contributed by atoms with E-state index in [2.05, 4.69) is 9.84 Å². The summed E-state index contributed by atoms with van der Waals surface area (Å²) in [5, 5.41) is 3.42. The maximum Gasteiger partial charge on any atom is 0.306 e. The van der Waals surface area contributed by atoms with E-state index >= 15 is 0 Å². The lowest BCUT2D eigenvalue weighted by Crippen LogP contribution is -2.23. The van der Waals surface area contributed by atoms with Gasteiger partial charge in [-0.05, 0) is 26.8 Å². The summed E-state index contributed by atoms with van der Waals surface area (Å²) in [7, 11) is -2.17. The third-order valence-corrected chi connectivity index (χ3v) is 4.93. The molecule has 0 saturated carbocycles. The third-order valence-electron chi connectivity index (χ3n) is 2.84. The predicted molar refractivity (Wildman–Crippen MR) is 71.3 cm³/mol. The van der Waals surface area contributed by atoms with Crippen LogP contribution in [-0.4, -0.2) is 36.5 Å². The van der Waals surface area contributed by atoms with Crippen LogP contribution in [0.25, 0.3) is 0 Å². The largest absolute Gasteiger partial charge is 0.469 e. The number of esters is 1. The highest BCUT2D eigenvalue weighted by Crippen LogP contribution is 2.14. The van der Waals surface area contributed by atoms with Gasteiger partial charge in [0, 0.05) is 12.2 Å². The van der Waals surface area contributed by atoms with Crippen molar-refractivity contribution in [3.05, 3.63) is 18.0 Å². The lowest BCUT2D eigenvalue weighted by atomic mass is 10.3. The van der Waals surface area contributed by atoms with E-state index < -0.39 is 21.1 Å². The molecule has 1 aromatic rings. The number of rotatable bonds is 6. The molecule has 1 atom stereocenters. The van der Waals surface area contributed by atoms with E-state index in [-0.39, 0.29) is 18.2 Å². The Morgan fingerprint density at radius 2 is 2.05 bits per heavy atom. The molecule has 0 spiro atoms. The molecule has 19 heavy (non-hydrogen) atoms. The molecular formula is C12H20N2O4S. The monoisotopic (exact) mass is 288 g/mol. The quantitative estimate of drug-likeness (QED) is 0.738. The van der Waals surface area contributed by atoms with Crippen molar-refractivity contribution >= 4 is 15.8 Å². The molecule has 0 bridgehead atoms. The number of sulfone groups is 1. The number of hydrogen-bond donors (Lipinski definition) is 0. The van der Waals surface area contributed by atoms with Gasteiger partial charge in [0.1, 0.15) is 0 Å². The van der Waals surface area contributed by atoms with E-state index in [4.69, 9.17) is 0 Å². The van der Waals surface area contributed by atoms with Gasteiger partial charge in [0.25, 0.3) is 0 Å². The molecule has 1 heterocycles. The first-order valence-electron chi connectivity index (χ1n) is 6.08. The molecule has 0 fully saturated rings. The number of nitrogens with zero attached hydrogens (tertiary/aromatic N) is 2. The second-order valence-electron chi connectivity index (χ2n) is 4.78. The second kappa shape index (κ2) is 6.18. The first kappa shape index (κ1) is 15.7. The van der Waals surface area contributed by atoms with Crippen LogP contribution in [0.4, 0.5) is 0 Å². The molecule has 0 N–H and O–H groups in total. The summed E-state index contributed by atoms with van der Waals surface area (Å²) in [6, 6.07) is 1.87. The van der Waals surface area contributed by atoms with Crippen molar-refractivity contribution in [2.75, 3.05) is 7.11 Å². The minimum atomic E-state index is -3.41. The zero-order valence-electron chi connectivity index (χ0n) is 11.7. The summed E-state index contributed by atoms with van der Waals surface area (Å²) in [6.45, 7) is 5.43. The highest BCUT2D eigenvalue weighted by Gasteiger charge is 2.25. The first-order valence-corrected chi connectivity index (χ1v) is 7.80. The fourth-order valence-electron chi connectivity index (χ4n) is 1.54. The van der Waals surface area contributed by atoms with Crippen LogP contribution in [0.3, 0.4) is 0 Å². The molecule has 7 heteroatoms. The van der Waals surface area contributed by atoms with Crippen LogP contribution in [0.5, 0.6) is 0 Å². The van der Waals surface area contributed by atoms with Crippen LogP contribution in [-0.2, 0) is 25.1 Å². The molecule has 1 aromatic heterocycles. The first-order chi connectivity index (χ1) is 8.76. The standard InChI is InChI=1S/C12H20N2O4S/c1-9(2)14-6-5-11(13-14)8-19(16,17)10(3)7-12(15)18-4/h5-6,9-10H,7-8H2,1-4H3. The van der Waals surface area contributed by atoms with E-state index in [0.717, 1.165) is 0 Å². The van der Waals surface area contributed by atoms with Gasteiger partial charge in [-0.25, -0.2) is 8.42 Å². The fraction of sp³-hybridized carbons (Fsp3) is 0.667. The van der Waals surface area contributed by atoms with Crippen LogP contribution in [0, 0.1) is 0 Å². The highest BCUT2D eigenvalue weighted by atomic mass is 32.2. The van der Waals surface area contributed by atoms with Gasteiger partial charge < -0.3 is 4.74 Å². The fourth-order valence-corrected chi connectivity index (χ4v) is 2.78. The van der Waals surface area contributed by atoms with E-state index in [9.17, 15) is 13.2 Å². The van der Waals surface area contributed by atoms with Gasteiger partial charge in [-0.1, -0.05) is 0 Å². The summed E-state index contributed by atoms with van der Waals surface area (Å²) in [6.07, 6.45) is 1.62. The minimum absolute atomic E-state index is 0.135. The predicted octanol–water partition coefficient (Wildman–Crippen LogP) is 1.33. The van der Waals surface area contributed by atoms with E-state index in [0.29, 0.717) is 5.69 Å². The summed E-state index contributed by atoms with van der Waals surface area (Å²) >= 11 is 0. The average molecular weight is 288 g/mol. The highest BCUT2D eigenvalue weighted by molar-refractivity contribution is 7.91. The van der Waals surface area contributed by atoms with Crippen molar-refractivity contribution in [2.24, 2.45) is 0 Å². The molecule has 0 amide bonds. The Balaban J connectivity index is 2.75. The molecule has 0 saturated heterocycles. The molecule has 1 unspecified atom stereocenters. The number of methoxy groups -OCH3 is 1. The van der Waals surface area contributed by atoms with Crippen LogP contribution < -0.4 is 0 Å². The second-order valence-corrected chi connectivity index (χ2v) is 7.20. The molecule has 1 rings (SSSR count). The Bertz CT molecular complexity index is 534. The Morgan fingerprint density at radius 1 is 1.42 bits per heavy atom. The Labute approximate surface area is 113 Å². The Morgan fingerprint density at radius 3 is 2.53 bits per heavy atom. The number of ether oxygens (including phenoxy) is 1. The summed E-state index contributed by atoms with van der Waals surface area (Å²) in [5.74, 6) is -0.686. The van der Waals surface area contributed by atoms with Crippen LogP contribution in [0.15, 0.2) is 12.3 Å². The lowest BCUT2D eigenvalue weighted by Gasteiger charge is -2.10. The molecule has 0 aliphatic heterocycles. The molecule has 0 aromatic carbocycles. The molecule has 0 aliphatic rings. The van der Waals surface area contributed by atoms with Crippen LogP contribution in [0.2, 0.25) is 0 Å². The van der Waals surface area contributed by atoms with Crippen molar-refractivity contribution in [1.82, 2.24) is 9.78 Å². The molecule has 6 nitrogen and oxygen atoms in total. The topological polar surface area (TPSA) is 78.3 Å². The van der Waals surface area contributed by atoms with Crippen molar-refractivity contribution in [1.29, 1.82) is 0 Å². The van der Waals surface area contributed by atoms with Gasteiger partial charge >= 0.3 is 5.97 Å². The number of carbonyl (C=O) groups excluding carboxylic acids is 1. The van der Waals surface area contributed by atoms with Crippen LogP contribution in [0.1, 0.15) is 38.9 Å². The third kappa shape index (κ3) is 4.34. The van der Waals surface area contributed by atoms with Gasteiger partial charge in [-0.2, -0.15) is 5.10 Å². The van der Waals surface area contributed by atoms with Crippen LogP contribution >= 0.6 is 0 Å². The van der Waals surface area contributed by atoms with Gasteiger partial charge in [-0.15, -0.1) is 0 Å². The molecule has 0 radical (unpaired) electrons. The lowest BCUT2D eigenvalue weighted by molar-refractivity contribution is -0.140. The van der Waals surface area contributed by atoms with E-state index in [1.54, 1.807) is 16.9 Å². The molecular weight excluding hydrogens is 268 g/mol. The van der Waals surface area contributed by atoms with Gasteiger partial charge in [0.2, 0.25) is 0 Å². The van der Waals surface area contributed by atoms with Crippen molar-refractivity contribution in [3.8, 4) is 0 Å². The normalized spacial score (nSPS) is 13.5. The van der Waals surface area contributed by atoms with Crippen molar-refractivity contribution < 1.29 is 17.9 Å². The summed E-state index contributed by atoms with van der Waals surface area (Å²) < 4.78 is 30.3. The van der Waals surface area contributed by atoms with E-state index in [1.807, 2.05) is 13.8 Å².